The van der Waals surface area contributed by atoms with E-state index in [1.165, 1.54) is 24.8 Å². The Morgan fingerprint density at radius 3 is 3.16 bits per heavy atom. The van der Waals surface area contributed by atoms with Crippen molar-refractivity contribution in [2.24, 2.45) is 0 Å². The molecule has 0 radical (unpaired) electrons. The average molecular weight is 261 g/mol. The topological polar surface area (TPSA) is 30.5 Å². The van der Waals surface area contributed by atoms with Gasteiger partial charge in [-0.2, -0.15) is 0 Å². The molecular formula is C16H23NO2. The minimum Gasteiger partial charge on any atom is -0.488 e. The highest BCUT2D eigenvalue weighted by Crippen LogP contribution is 2.48. The summed E-state index contributed by atoms with van der Waals surface area (Å²) in [6.07, 6.45) is 6.26. The van der Waals surface area contributed by atoms with Gasteiger partial charge >= 0.3 is 0 Å². The zero-order valence-corrected chi connectivity index (χ0v) is 11.7. The van der Waals surface area contributed by atoms with Crippen LogP contribution in [0.4, 0.5) is 0 Å². The second-order valence-corrected chi connectivity index (χ2v) is 5.59. The van der Waals surface area contributed by atoms with Gasteiger partial charge in [-0.1, -0.05) is 24.6 Å². The molecule has 1 saturated carbocycles. The van der Waals surface area contributed by atoms with E-state index >= 15 is 0 Å². The Morgan fingerprint density at radius 1 is 1.37 bits per heavy atom. The number of hydrogen-bond donors (Lipinski definition) is 1. The van der Waals surface area contributed by atoms with Crippen LogP contribution in [0.2, 0.25) is 0 Å². The summed E-state index contributed by atoms with van der Waals surface area (Å²) in [4.78, 5) is 0. The van der Waals surface area contributed by atoms with Crippen LogP contribution >= 0.6 is 0 Å². The number of fused-ring (bicyclic) bond motifs is 3. The molecule has 3 nitrogen and oxygen atoms in total. The molecule has 0 bridgehead atoms. The van der Waals surface area contributed by atoms with Gasteiger partial charge in [-0.05, 0) is 38.3 Å². The Kier molecular flexibility index (Phi) is 3.76. The lowest BCUT2D eigenvalue weighted by Gasteiger charge is -2.39. The maximum absolute atomic E-state index is 6.18. The first-order valence-electron chi connectivity index (χ1n) is 7.37. The Bertz CT molecular complexity index is 435. The van der Waals surface area contributed by atoms with Crippen LogP contribution in [0, 0.1) is 0 Å². The predicted octanol–water partition coefficient (Wildman–Crippen LogP) is 2.84. The monoisotopic (exact) mass is 261 g/mol. The highest BCUT2D eigenvalue weighted by atomic mass is 16.5. The normalized spacial score (nSPS) is 28.6. The second-order valence-electron chi connectivity index (χ2n) is 5.59. The number of hydrogen-bond acceptors (Lipinski definition) is 3. The van der Waals surface area contributed by atoms with E-state index in [1.807, 2.05) is 0 Å². The van der Waals surface area contributed by atoms with E-state index in [0.717, 1.165) is 31.7 Å². The molecule has 1 aliphatic heterocycles. The van der Waals surface area contributed by atoms with Gasteiger partial charge in [-0.15, -0.1) is 0 Å². The third-order valence-corrected chi connectivity index (χ3v) is 4.44. The fourth-order valence-electron chi connectivity index (χ4n) is 3.53. The standard InChI is InChI=1S/C16H23NO2/c1-18-12-6-11-17-16-10-5-4-9-15(16)19-14-8-3-2-7-13(14)16/h2-3,7-8,15,17H,4-6,9-12H2,1H3. The third-order valence-electron chi connectivity index (χ3n) is 4.44. The summed E-state index contributed by atoms with van der Waals surface area (Å²) in [6, 6.07) is 8.52. The van der Waals surface area contributed by atoms with Gasteiger partial charge in [0.05, 0.1) is 5.54 Å². The van der Waals surface area contributed by atoms with Crippen LogP contribution in [0.5, 0.6) is 5.75 Å². The molecule has 2 unspecified atom stereocenters. The molecule has 0 amide bonds. The largest absolute Gasteiger partial charge is 0.488 e. The van der Waals surface area contributed by atoms with Crippen LogP contribution in [-0.2, 0) is 10.3 Å². The van der Waals surface area contributed by atoms with Crippen molar-refractivity contribution >= 4 is 0 Å². The number of ether oxygens (including phenoxy) is 2. The molecule has 1 aliphatic carbocycles. The summed E-state index contributed by atoms with van der Waals surface area (Å²) in [5.41, 5.74) is 1.40. The van der Waals surface area contributed by atoms with Gasteiger partial charge in [0, 0.05) is 19.3 Å². The van der Waals surface area contributed by atoms with Gasteiger partial charge in [-0.3, -0.25) is 0 Å². The number of para-hydroxylation sites is 1. The maximum atomic E-state index is 6.18. The van der Waals surface area contributed by atoms with E-state index in [2.05, 4.69) is 29.6 Å². The summed E-state index contributed by atoms with van der Waals surface area (Å²) in [5.74, 6) is 1.08. The van der Waals surface area contributed by atoms with Crippen molar-refractivity contribution in [3.63, 3.8) is 0 Å². The fraction of sp³-hybridized carbons (Fsp3) is 0.625. The summed E-state index contributed by atoms with van der Waals surface area (Å²) in [5, 5.41) is 3.78. The number of methoxy groups -OCH3 is 1. The Labute approximate surface area is 115 Å². The van der Waals surface area contributed by atoms with E-state index in [4.69, 9.17) is 9.47 Å². The first-order chi connectivity index (χ1) is 9.37. The molecule has 2 atom stereocenters. The summed E-state index contributed by atoms with van der Waals surface area (Å²) in [6.45, 7) is 1.80. The molecule has 3 heteroatoms. The van der Waals surface area contributed by atoms with Crippen LogP contribution in [-0.4, -0.2) is 26.4 Å². The van der Waals surface area contributed by atoms with Crippen LogP contribution in [0.3, 0.4) is 0 Å². The maximum Gasteiger partial charge on any atom is 0.125 e. The predicted molar refractivity (Wildman–Crippen MR) is 75.5 cm³/mol. The summed E-state index contributed by atoms with van der Waals surface area (Å²) >= 11 is 0. The molecule has 1 N–H and O–H groups in total. The van der Waals surface area contributed by atoms with Crippen LogP contribution in [0.1, 0.15) is 37.7 Å². The number of nitrogens with one attached hydrogen (secondary N) is 1. The number of benzene rings is 1. The van der Waals surface area contributed by atoms with Crippen LogP contribution in [0.25, 0.3) is 0 Å². The zero-order chi connectivity index (χ0) is 13.1. The van der Waals surface area contributed by atoms with Gasteiger partial charge in [0.25, 0.3) is 0 Å². The fourth-order valence-corrected chi connectivity index (χ4v) is 3.53. The SMILES string of the molecule is COCCCNC12CCCCC1Oc1ccccc12. The lowest BCUT2D eigenvalue weighted by Crippen LogP contribution is -2.52. The second kappa shape index (κ2) is 5.51. The van der Waals surface area contributed by atoms with E-state index in [1.54, 1.807) is 7.11 Å². The summed E-state index contributed by atoms with van der Waals surface area (Å²) < 4.78 is 11.3. The van der Waals surface area contributed by atoms with Gasteiger partial charge in [0.1, 0.15) is 11.9 Å². The van der Waals surface area contributed by atoms with Crippen molar-refractivity contribution in [3.8, 4) is 5.75 Å². The number of rotatable bonds is 5. The molecule has 1 aromatic carbocycles. The van der Waals surface area contributed by atoms with Gasteiger partial charge in [0.2, 0.25) is 0 Å². The van der Waals surface area contributed by atoms with E-state index in [9.17, 15) is 0 Å². The lowest BCUT2D eigenvalue weighted by molar-refractivity contribution is 0.0734. The molecule has 1 heterocycles. The minimum atomic E-state index is 0.0442. The van der Waals surface area contributed by atoms with Crippen LogP contribution < -0.4 is 10.1 Å². The van der Waals surface area contributed by atoms with Crippen molar-refractivity contribution in [1.82, 2.24) is 5.32 Å². The Balaban J connectivity index is 1.81. The minimum absolute atomic E-state index is 0.0442. The van der Waals surface area contributed by atoms with Gasteiger partial charge < -0.3 is 14.8 Å². The molecule has 104 valence electrons. The molecule has 2 aliphatic rings. The molecule has 1 aromatic rings. The first-order valence-corrected chi connectivity index (χ1v) is 7.37. The highest BCUT2D eigenvalue weighted by molar-refractivity contribution is 5.45. The highest BCUT2D eigenvalue weighted by Gasteiger charge is 2.49. The molecule has 3 rings (SSSR count). The molecule has 19 heavy (non-hydrogen) atoms. The van der Waals surface area contributed by atoms with E-state index in [-0.39, 0.29) is 5.54 Å². The Hall–Kier alpha value is -1.06. The molecule has 1 fully saturated rings. The van der Waals surface area contributed by atoms with Crippen molar-refractivity contribution < 1.29 is 9.47 Å². The zero-order valence-electron chi connectivity index (χ0n) is 11.7. The van der Waals surface area contributed by atoms with Crippen LogP contribution in [0.15, 0.2) is 24.3 Å². The van der Waals surface area contributed by atoms with Crippen molar-refractivity contribution in [3.05, 3.63) is 29.8 Å². The molecule has 0 aromatic heterocycles. The average Bonchev–Trinajstić information content (AvgIpc) is 2.78. The third kappa shape index (κ3) is 2.26. The smallest absolute Gasteiger partial charge is 0.125 e. The quantitative estimate of drug-likeness (QED) is 0.827. The summed E-state index contributed by atoms with van der Waals surface area (Å²) in [7, 11) is 1.76. The first kappa shape index (κ1) is 12.9. The Morgan fingerprint density at radius 2 is 2.26 bits per heavy atom. The van der Waals surface area contributed by atoms with Crippen molar-refractivity contribution in [2.75, 3.05) is 20.3 Å². The molecular weight excluding hydrogens is 238 g/mol. The van der Waals surface area contributed by atoms with E-state index < -0.39 is 0 Å². The molecule has 0 spiro atoms. The van der Waals surface area contributed by atoms with Crippen molar-refractivity contribution in [2.45, 2.75) is 43.7 Å². The molecule has 0 saturated heterocycles. The van der Waals surface area contributed by atoms with E-state index in [0.29, 0.717) is 6.10 Å². The van der Waals surface area contributed by atoms with Crippen molar-refractivity contribution in [1.29, 1.82) is 0 Å². The lowest BCUT2D eigenvalue weighted by atomic mass is 9.75. The van der Waals surface area contributed by atoms with Gasteiger partial charge in [0.15, 0.2) is 0 Å². The van der Waals surface area contributed by atoms with Gasteiger partial charge in [-0.25, -0.2) is 0 Å².